The van der Waals surface area contributed by atoms with Crippen molar-refractivity contribution in [2.24, 2.45) is 5.92 Å². The molecule has 92 valence electrons. The van der Waals surface area contributed by atoms with Crippen LogP contribution in [0.2, 0.25) is 0 Å². The summed E-state index contributed by atoms with van der Waals surface area (Å²) in [6, 6.07) is 9.39. The lowest BCUT2D eigenvalue weighted by Crippen LogP contribution is -2.35. The number of aliphatic hydroxyl groups is 1. The second-order valence-electron chi connectivity index (χ2n) is 4.68. The molecule has 1 heterocycles. The average Bonchev–Trinajstić information content (AvgIpc) is 2.91. The molecule has 2 atom stereocenters. The molecule has 1 aromatic carbocycles. The van der Waals surface area contributed by atoms with Crippen molar-refractivity contribution in [2.75, 3.05) is 13.1 Å². The summed E-state index contributed by atoms with van der Waals surface area (Å²) in [5, 5.41) is 10.2. The van der Waals surface area contributed by atoms with Gasteiger partial charge in [0.15, 0.2) is 0 Å². The van der Waals surface area contributed by atoms with E-state index in [1.807, 2.05) is 35.2 Å². The molecule has 0 unspecified atom stereocenters. The van der Waals surface area contributed by atoms with Crippen LogP contribution < -0.4 is 0 Å². The monoisotopic (exact) mass is 233 g/mol. The van der Waals surface area contributed by atoms with Gasteiger partial charge >= 0.3 is 0 Å². The van der Waals surface area contributed by atoms with Crippen molar-refractivity contribution in [3.63, 3.8) is 0 Å². The number of carbonyl (C=O) groups excluding carboxylic acids is 1. The molecule has 1 fully saturated rings. The molecule has 0 spiro atoms. The highest BCUT2D eigenvalue weighted by Crippen LogP contribution is 2.24. The minimum Gasteiger partial charge on any atom is -0.388 e. The van der Waals surface area contributed by atoms with E-state index in [0.29, 0.717) is 0 Å². The molecule has 1 N–H and O–H groups in total. The lowest BCUT2D eigenvalue weighted by Gasteiger charge is -2.24. The van der Waals surface area contributed by atoms with Gasteiger partial charge in [0, 0.05) is 13.1 Å². The molecule has 1 aliphatic rings. The highest BCUT2D eigenvalue weighted by Gasteiger charge is 2.28. The zero-order valence-electron chi connectivity index (χ0n) is 10.2. The maximum absolute atomic E-state index is 12.1. The molecule has 0 aliphatic carbocycles. The first-order valence-electron chi connectivity index (χ1n) is 6.22. The van der Waals surface area contributed by atoms with Gasteiger partial charge in [0.1, 0.15) is 0 Å². The molecule has 3 nitrogen and oxygen atoms in total. The van der Waals surface area contributed by atoms with Crippen LogP contribution in [0.3, 0.4) is 0 Å². The third kappa shape index (κ3) is 2.67. The van der Waals surface area contributed by atoms with Crippen LogP contribution in [-0.4, -0.2) is 29.0 Å². The van der Waals surface area contributed by atoms with Gasteiger partial charge in [-0.15, -0.1) is 0 Å². The van der Waals surface area contributed by atoms with Crippen molar-refractivity contribution in [1.29, 1.82) is 0 Å². The summed E-state index contributed by atoms with van der Waals surface area (Å²) >= 11 is 0. The summed E-state index contributed by atoms with van der Waals surface area (Å²) in [5.41, 5.74) is 0.813. The number of hydrogen-bond acceptors (Lipinski definition) is 2. The molecule has 3 heteroatoms. The molecule has 1 aromatic rings. The van der Waals surface area contributed by atoms with Crippen LogP contribution in [0.25, 0.3) is 0 Å². The summed E-state index contributed by atoms with van der Waals surface area (Å²) in [6.07, 6.45) is 1.46. The molecular formula is C14H19NO2. The van der Waals surface area contributed by atoms with Crippen molar-refractivity contribution < 1.29 is 9.90 Å². The van der Waals surface area contributed by atoms with Crippen molar-refractivity contribution >= 4 is 5.91 Å². The largest absolute Gasteiger partial charge is 0.388 e. The summed E-state index contributed by atoms with van der Waals surface area (Å²) < 4.78 is 0. The maximum Gasteiger partial charge on any atom is 0.228 e. The molecular weight excluding hydrogens is 214 g/mol. The highest BCUT2D eigenvalue weighted by molar-refractivity contribution is 5.79. The predicted molar refractivity (Wildman–Crippen MR) is 66.4 cm³/mol. The lowest BCUT2D eigenvalue weighted by molar-refractivity contribution is -0.137. The Balaban J connectivity index is 2.04. The number of hydrogen-bond donors (Lipinski definition) is 1. The van der Waals surface area contributed by atoms with Gasteiger partial charge in [0.25, 0.3) is 0 Å². The van der Waals surface area contributed by atoms with Crippen LogP contribution in [0.4, 0.5) is 0 Å². The molecule has 1 amide bonds. The first kappa shape index (κ1) is 12.1. The molecule has 0 radical (unpaired) electrons. The fraction of sp³-hybridized carbons (Fsp3) is 0.500. The number of amides is 1. The number of carbonyl (C=O) groups is 1. The van der Waals surface area contributed by atoms with Crippen LogP contribution in [-0.2, 0) is 4.79 Å². The third-order valence-electron chi connectivity index (χ3n) is 3.42. The van der Waals surface area contributed by atoms with Crippen molar-refractivity contribution in [3.05, 3.63) is 35.9 Å². The smallest absolute Gasteiger partial charge is 0.228 e. The number of rotatable bonds is 3. The second kappa shape index (κ2) is 5.32. The van der Waals surface area contributed by atoms with Gasteiger partial charge in [-0.3, -0.25) is 4.79 Å². The number of benzene rings is 1. The Labute approximate surface area is 102 Å². The van der Waals surface area contributed by atoms with E-state index in [-0.39, 0.29) is 11.8 Å². The average molecular weight is 233 g/mol. The Bertz CT molecular complexity index is 371. The fourth-order valence-electron chi connectivity index (χ4n) is 2.30. The predicted octanol–water partition coefficient (Wildman–Crippen LogP) is 1.98. The van der Waals surface area contributed by atoms with Gasteiger partial charge in [-0.2, -0.15) is 0 Å². The third-order valence-corrected chi connectivity index (χ3v) is 3.42. The van der Waals surface area contributed by atoms with Crippen LogP contribution in [0, 0.1) is 5.92 Å². The van der Waals surface area contributed by atoms with Gasteiger partial charge in [0.05, 0.1) is 12.0 Å². The summed E-state index contributed by atoms with van der Waals surface area (Å²) in [5.74, 6) is -0.297. The van der Waals surface area contributed by atoms with Crippen molar-refractivity contribution in [2.45, 2.75) is 25.9 Å². The molecule has 0 bridgehead atoms. The van der Waals surface area contributed by atoms with Gasteiger partial charge in [-0.1, -0.05) is 37.3 Å². The van der Waals surface area contributed by atoms with Gasteiger partial charge < -0.3 is 10.0 Å². The first-order chi connectivity index (χ1) is 8.20. The highest BCUT2D eigenvalue weighted by atomic mass is 16.3. The van der Waals surface area contributed by atoms with E-state index >= 15 is 0 Å². The molecule has 1 saturated heterocycles. The van der Waals surface area contributed by atoms with Gasteiger partial charge in [-0.05, 0) is 18.4 Å². The van der Waals surface area contributed by atoms with Gasteiger partial charge in [-0.25, -0.2) is 0 Å². The molecule has 0 aromatic heterocycles. The standard InChI is InChI=1S/C14H19NO2/c1-11(14(17)15-9-5-6-10-15)13(16)12-7-3-2-4-8-12/h2-4,7-8,11,13,16H,5-6,9-10H2,1H3/t11-,13-/m1/s1. The number of aliphatic hydroxyl groups excluding tert-OH is 1. The van der Waals surface area contributed by atoms with Crippen molar-refractivity contribution in [1.82, 2.24) is 4.90 Å². The van der Waals surface area contributed by atoms with E-state index in [1.165, 1.54) is 0 Å². The van der Waals surface area contributed by atoms with Crippen LogP contribution >= 0.6 is 0 Å². The van der Waals surface area contributed by atoms with Crippen LogP contribution in [0.15, 0.2) is 30.3 Å². The molecule has 2 rings (SSSR count). The fourth-order valence-corrected chi connectivity index (χ4v) is 2.30. The van der Waals surface area contributed by atoms with E-state index in [0.717, 1.165) is 31.5 Å². The Hall–Kier alpha value is -1.35. The second-order valence-corrected chi connectivity index (χ2v) is 4.68. The minimum absolute atomic E-state index is 0.0684. The first-order valence-corrected chi connectivity index (χ1v) is 6.22. The normalized spacial score (nSPS) is 19.1. The molecule has 0 saturated carbocycles. The Kier molecular flexibility index (Phi) is 3.79. The summed E-state index contributed by atoms with van der Waals surface area (Å²) in [7, 11) is 0. The summed E-state index contributed by atoms with van der Waals surface area (Å²) in [6.45, 7) is 3.48. The van der Waals surface area contributed by atoms with E-state index in [4.69, 9.17) is 0 Å². The zero-order valence-corrected chi connectivity index (χ0v) is 10.2. The Morgan fingerprint density at radius 3 is 2.41 bits per heavy atom. The zero-order chi connectivity index (χ0) is 12.3. The maximum atomic E-state index is 12.1. The molecule has 1 aliphatic heterocycles. The Morgan fingerprint density at radius 1 is 1.24 bits per heavy atom. The minimum atomic E-state index is -0.704. The van der Waals surface area contributed by atoms with E-state index in [2.05, 4.69) is 0 Å². The number of likely N-dealkylation sites (tertiary alicyclic amines) is 1. The van der Waals surface area contributed by atoms with E-state index in [1.54, 1.807) is 6.92 Å². The van der Waals surface area contributed by atoms with E-state index in [9.17, 15) is 9.90 Å². The van der Waals surface area contributed by atoms with E-state index < -0.39 is 6.10 Å². The number of nitrogens with zero attached hydrogens (tertiary/aromatic N) is 1. The topological polar surface area (TPSA) is 40.5 Å². The Morgan fingerprint density at radius 2 is 1.82 bits per heavy atom. The van der Waals surface area contributed by atoms with Gasteiger partial charge in [0.2, 0.25) is 5.91 Å². The lowest BCUT2D eigenvalue weighted by atomic mass is 9.96. The van der Waals surface area contributed by atoms with Crippen LogP contribution in [0.5, 0.6) is 0 Å². The SMILES string of the molecule is C[C@@H](C(=O)N1CCCC1)[C@@H](O)c1ccccc1. The summed E-state index contributed by atoms with van der Waals surface area (Å²) in [4.78, 5) is 14.0. The van der Waals surface area contributed by atoms with Crippen LogP contribution in [0.1, 0.15) is 31.4 Å². The quantitative estimate of drug-likeness (QED) is 0.867. The van der Waals surface area contributed by atoms with Crippen molar-refractivity contribution in [3.8, 4) is 0 Å². The molecule has 17 heavy (non-hydrogen) atoms.